The summed E-state index contributed by atoms with van der Waals surface area (Å²) < 4.78 is 11.3. The highest BCUT2D eigenvalue weighted by atomic mass is 32.1. The number of carbonyl (C=O) groups excluding carboxylic acids is 1. The van der Waals surface area contributed by atoms with Crippen molar-refractivity contribution in [1.29, 1.82) is 0 Å². The Morgan fingerprint density at radius 1 is 1.00 bits per heavy atom. The molecule has 0 saturated carbocycles. The number of rotatable bonds is 5. The number of benzene rings is 2. The second kappa shape index (κ2) is 7.13. The van der Waals surface area contributed by atoms with Gasteiger partial charge in [-0.15, -0.1) is 0 Å². The first-order valence-electron chi connectivity index (χ1n) is 9.16. The summed E-state index contributed by atoms with van der Waals surface area (Å²) in [5, 5.41) is 12.6. The van der Waals surface area contributed by atoms with Crippen molar-refractivity contribution >= 4 is 28.0 Å². The Hall–Kier alpha value is -3.12. The molecule has 3 heterocycles. The number of carbonyl (C=O) groups is 1. The molecular weight excluding hydrogens is 372 g/mol. The number of thiophene rings is 1. The zero-order valence-corrected chi connectivity index (χ0v) is 15.9. The SMILES string of the molecule is O=C(Cc1ccsc1)Cc1ccc2[nH]nc(-c3ccc4c(c3)OCCO4)c2c1. The van der Waals surface area contributed by atoms with Gasteiger partial charge in [-0.2, -0.15) is 16.4 Å². The predicted molar refractivity (Wildman–Crippen MR) is 109 cm³/mol. The van der Waals surface area contributed by atoms with E-state index in [9.17, 15) is 4.79 Å². The third-order valence-electron chi connectivity index (χ3n) is 4.83. The first-order valence-corrected chi connectivity index (χ1v) is 10.1. The first-order chi connectivity index (χ1) is 13.8. The Bertz CT molecular complexity index is 1150. The normalized spacial score (nSPS) is 13.0. The van der Waals surface area contributed by atoms with Gasteiger partial charge in [-0.25, -0.2) is 0 Å². The molecule has 140 valence electrons. The molecule has 1 N–H and O–H groups in total. The third kappa shape index (κ3) is 3.27. The Kier molecular flexibility index (Phi) is 4.33. The summed E-state index contributed by atoms with van der Waals surface area (Å²) in [7, 11) is 0. The molecule has 0 amide bonds. The van der Waals surface area contributed by atoms with E-state index in [2.05, 4.69) is 16.3 Å². The van der Waals surface area contributed by atoms with Gasteiger partial charge >= 0.3 is 0 Å². The zero-order valence-electron chi connectivity index (χ0n) is 15.1. The highest BCUT2D eigenvalue weighted by Gasteiger charge is 2.16. The average Bonchev–Trinajstić information content (AvgIpc) is 3.37. The van der Waals surface area contributed by atoms with Gasteiger partial charge < -0.3 is 9.47 Å². The van der Waals surface area contributed by atoms with Crippen molar-refractivity contribution in [3.05, 3.63) is 64.4 Å². The first kappa shape index (κ1) is 17.0. The van der Waals surface area contributed by atoms with E-state index in [4.69, 9.17) is 9.47 Å². The largest absolute Gasteiger partial charge is 0.486 e. The van der Waals surface area contributed by atoms with Crippen LogP contribution in [0.2, 0.25) is 0 Å². The summed E-state index contributed by atoms with van der Waals surface area (Å²) in [5.41, 5.74) is 4.82. The van der Waals surface area contributed by atoms with Crippen LogP contribution < -0.4 is 9.47 Å². The van der Waals surface area contributed by atoms with Crippen LogP contribution in [0.1, 0.15) is 11.1 Å². The summed E-state index contributed by atoms with van der Waals surface area (Å²) in [6.45, 7) is 1.12. The van der Waals surface area contributed by atoms with Gasteiger partial charge in [0.15, 0.2) is 11.5 Å². The van der Waals surface area contributed by atoms with E-state index in [0.717, 1.165) is 44.8 Å². The average molecular weight is 390 g/mol. The lowest BCUT2D eigenvalue weighted by Crippen LogP contribution is -2.15. The molecule has 5 rings (SSSR count). The number of aromatic amines is 1. The van der Waals surface area contributed by atoms with Crippen molar-refractivity contribution in [2.24, 2.45) is 0 Å². The lowest BCUT2D eigenvalue weighted by molar-refractivity contribution is -0.117. The minimum atomic E-state index is 0.210. The van der Waals surface area contributed by atoms with Gasteiger partial charge in [0.2, 0.25) is 0 Å². The van der Waals surface area contributed by atoms with E-state index in [-0.39, 0.29) is 5.78 Å². The number of Topliss-reactive ketones (excluding diaryl/α,β-unsaturated/α-hetero) is 1. The van der Waals surface area contributed by atoms with Gasteiger partial charge in [0.1, 0.15) is 24.7 Å². The molecule has 1 aliphatic heterocycles. The summed E-state index contributed by atoms with van der Waals surface area (Å²) in [6.07, 6.45) is 0.888. The van der Waals surface area contributed by atoms with Crippen molar-refractivity contribution in [1.82, 2.24) is 10.2 Å². The van der Waals surface area contributed by atoms with Gasteiger partial charge in [0.25, 0.3) is 0 Å². The summed E-state index contributed by atoms with van der Waals surface area (Å²) >= 11 is 1.62. The topological polar surface area (TPSA) is 64.2 Å². The second-order valence-electron chi connectivity index (χ2n) is 6.83. The van der Waals surface area contributed by atoms with E-state index in [0.29, 0.717) is 26.1 Å². The second-order valence-corrected chi connectivity index (χ2v) is 7.61. The number of nitrogens with one attached hydrogen (secondary N) is 1. The summed E-state index contributed by atoms with van der Waals surface area (Å²) in [6, 6.07) is 13.9. The van der Waals surface area contributed by atoms with Crippen LogP contribution in [0.4, 0.5) is 0 Å². The fourth-order valence-corrected chi connectivity index (χ4v) is 4.16. The molecule has 0 spiro atoms. The van der Waals surface area contributed by atoms with Gasteiger partial charge in [0, 0.05) is 23.8 Å². The van der Waals surface area contributed by atoms with Gasteiger partial charge in [-0.05, 0) is 58.3 Å². The van der Waals surface area contributed by atoms with E-state index in [1.165, 1.54) is 0 Å². The molecule has 0 fully saturated rings. The zero-order chi connectivity index (χ0) is 18.9. The number of hydrogen-bond acceptors (Lipinski definition) is 5. The lowest BCUT2D eigenvalue weighted by Gasteiger charge is -2.18. The standard InChI is InChI=1S/C22H18N2O3S/c25-17(10-15-5-8-28-13-15)9-14-1-3-19-18(11-14)22(24-23-19)16-2-4-20-21(12-16)27-7-6-26-20/h1-5,8,11-13H,6-7,9-10H2,(H,23,24). The number of hydrogen-bond donors (Lipinski definition) is 1. The van der Waals surface area contributed by atoms with Crippen LogP contribution >= 0.6 is 11.3 Å². The van der Waals surface area contributed by atoms with Crippen LogP contribution in [-0.4, -0.2) is 29.2 Å². The minimum absolute atomic E-state index is 0.210. The number of fused-ring (bicyclic) bond motifs is 2. The number of ether oxygens (including phenoxy) is 2. The number of H-pyrrole nitrogens is 1. The molecule has 4 aromatic rings. The molecule has 28 heavy (non-hydrogen) atoms. The Morgan fingerprint density at radius 2 is 1.86 bits per heavy atom. The Labute approximate surface area is 165 Å². The third-order valence-corrected chi connectivity index (χ3v) is 5.56. The molecule has 0 bridgehead atoms. The van der Waals surface area contributed by atoms with Crippen molar-refractivity contribution in [3.8, 4) is 22.8 Å². The minimum Gasteiger partial charge on any atom is -0.486 e. The van der Waals surface area contributed by atoms with Crippen molar-refractivity contribution in [2.45, 2.75) is 12.8 Å². The Morgan fingerprint density at radius 3 is 2.71 bits per heavy atom. The highest BCUT2D eigenvalue weighted by Crippen LogP contribution is 2.36. The molecule has 0 unspecified atom stereocenters. The van der Waals surface area contributed by atoms with E-state index >= 15 is 0 Å². The number of aromatic nitrogens is 2. The van der Waals surface area contributed by atoms with Gasteiger partial charge in [0.05, 0.1) is 5.52 Å². The fourth-order valence-electron chi connectivity index (χ4n) is 3.49. The Balaban J connectivity index is 1.44. The van der Waals surface area contributed by atoms with Crippen LogP contribution in [0.3, 0.4) is 0 Å². The van der Waals surface area contributed by atoms with Crippen LogP contribution in [0, 0.1) is 0 Å². The lowest BCUT2D eigenvalue weighted by atomic mass is 10.0. The molecule has 5 nitrogen and oxygen atoms in total. The maximum absolute atomic E-state index is 12.4. The maximum atomic E-state index is 12.4. The molecule has 6 heteroatoms. The van der Waals surface area contributed by atoms with E-state index in [1.54, 1.807) is 11.3 Å². The van der Waals surface area contributed by atoms with Crippen molar-refractivity contribution < 1.29 is 14.3 Å². The van der Waals surface area contributed by atoms with Crippen LogP contribution in [-0.2, 0) is 17.6 Å². The molecule has 2 aromatic carbocycles. The molecule has 1 aliphatic rings. The van der Waals surface area contributed by atoms with Gasteiger partial charge in [-0.3, -0.25) is 9.89 Å². The molecule has 0 aliphatic carbocycles. The molecular formula is C22H18N2O3S. The fraction of sp³-hybridized carbons (Fsp3) is 0.182. The van der Waals surface area contributed by atoms with Gasteiger partial charge in [-0.1, -0.05) is 6.07 Å². The molecule has 0 radical (unpaired) electrons. The number of ketones is 1. The van der Waals surface area contributed by atoms with Crippen LogP contribution in [0.25, 0.3) is 22.2 Å². The molecule has 0 saturated heterocycles. The smallest absolute Gasteiger partial charge is 0.162 e. The van der Waals surface area contributed by atoms with Crippen LogP contribution in [0.5, 0.6) is 11.5 Å². The van der Waals surface area contributed by atoms with Crippen molar-refractivity contribution in [3.63, 3.8) is 0 Å². The summed E-state index contributed by atoms with van der Waals surface area (Å²) in [5.74, 6) is 1.71. The monoisotopic (exact) mass is 390 g/mol. The highest BCUT2D eigenvalue weighted by molar-refractivity contribution is 7.08. The van der Waals surface area contributed by atoms with E-state index < -0.39 is 0 Å². The molecule has 2 aromatic heterocycles. The van der Waals surface area contributed by atoms with Crippen molar-refractivity contribution in [2.75, 3.05) is 13.2 Å². The molecule has 0 atom stereocenters. The maximum Gasteiger partial charge on any atom is 0.162 e. The summed E-state index contributed by atoms with van der Waals surface area (Å²) in [4.78, 5) is 12.4. The van der Waals surface area contributed by atoms with Crippen LogP contribution in [0.15, 0.2) is 53.2 Å². The number of nitrogens with zero attached hydrogens (tertiary/aromatic N) is 1. The quantitative estimate of drug-likeness (QED) is 0.548. The van der Waals surface area contributed by atoms with E-state index in [1.807, 2.05) is 47.2 Å². The predicted octanol–water partition coefficient (Wildman–Crippen LogP) is 4.42.